The lowest BCUT2D eigenvalue weighted by Gasteiger charge is -2.12. The number of para-hydroxylation sites is 1. The SMILES string of the molecule is C[C@H](Sc1nncn1-c1ccccc1)C(=O)NCc1ccccc1. The van der Waals surface area contributed by atoms with Gasteiger partial charge in [0.25, 0.3) is 0 Å². The lowest BCUT2D eigenvalue weighted by atomic mass is 10.2. The third kappa shape index (κ3) is 4.02. The molecule has 1 aromatic heterocycles. The van der Waals surface area contributed by atoms with Gasteiger partial charge in [-0.05, 0) is 24.6 Å². The largest absolute Gasteiger partial charge is 0.351 e. The molecule has 1 N–H and O–H groups in total. The molecule has 0 bridgehead atoms. The molecule has 0 unspecified atom stereocenters. The Kier molecular flexibility index (Phi) is 5.28. The van der Waals surface area contributed by atoms with Crippen LogP contribution in [0.4, 0.5) is 0 Å². The molecule has 0 aliphatic carbocycles. The van der Waals surface area contributed by atoms with E-state index in [0.29, 0.717) is 11.7 Å². The molecule has 0 radical (unpaired) electrons. The van der Waals surface area contributed by atoms with E-state index >= 15 is 0 Å². The number of nitrogens with zero attached hydrogens (tertiary/aromatic N) is 3. The minimum absolute atomic E-state index is 0.0218. The Hall–Kier alpha value is -2.60. The van der Waals surface area contributed by atoms with Gasteiger partial charge < -0.3 is 5.32 Å². The van der Waals surface area contributed by atoms with Crippen molar-refractivity contribution in [3.8, 4) is 5.69 Å². The van der Waals surface area contributed by atoms with Crippen LogP contribution in [0.1, 0.15) is 12.5 Å². The van der Waals surface area contributed by atoms with E-state index in [-0.39, 0.29) is 11.2 Å². The fourth-order valence-electron chi connectivity index (χ4n) is 2.21. The maximum absolute atomic E-state index is 12.3. The topological polar surface area (TPSA) is 59.8 Å². The number of aromatic nitrogens is 3. The van der Waals surface area contributed by atoms with Gasteiger partial charge in [0, 0.05) is 12.2 Å². The first kappa shape index (κ1) is 16.3. The summed E-state index contributed by atoms with van der Waals surface area (Å²) in [4.78, 5) is 12.3. The first-order valence-electron chi connectivity index (χ1n) is 7.68. The van der Waals surface area contributed by atoms with E-state index in [1.54, 1.807) is 6.33 Å². The van der Waals surface area contributed by atoms with Crippen molar-refractivity contribution < 1.29 is 4.79 Å². The number of carbonyl (C=O) groups is 1. The zero-order chi connectivity index (χ0) is 16.8. The van der Waals surface area contributed by atoms with Crippen LogP contribution in [-0.2, 0) is 11.3 Å². The van der Waals surface area contributed by atoms with Gasteiger partial charge in [0.2, 0.25) is 5.91 Å². The summed E-state index contributed by atoms with van der Waals surface area (Å²) in [6.07, 6.45) is 1.66. The number of rotatable bonds is 6. The number of hydrogen-bond donors (Lipinski definition) is 1. The molecule has 1 heterocycles. The molecule has 3 aromatic rings. The second-order valence-electron chi connectivity index (χ2n) is 5.28. The molecule has 1 atom stereocenters. The summed E-state index contributed by atoms with van der Waals surface area (Å²) in [6, 6.07) is 19.7. The van der Waals surface area contributed by atoms with Crippen molar-refractivity contribution in [3.63, 3.8) is 0 Å². The molecule has 5 nitrogen and oxygen atoms in total. The average Bonchev–Trinajstić information content (AvgIpc) is 3.09. The Morgan fingerprint density at radius 3 is 2.50 bits per heavy atom. The Morgan fingerprint density at radius 1 is 1.12 bits per heavy atom. The van der Waals surface area contributed by atoms with Crippen molar-refractivity contribution in [2.45, 2.75) is 23.9 Å². The maximum atomic E-state index is 12.3. The third-order valence-electron chi connectivity index (χ3n) is 3.51. The van der Waals surface area contributed by atoms with E-state index in [1.807, 2.05) is 72.2 Å². The number of thioether (sulfide) groups is 1. The predicted molar refractivity (Wildman–Crippen MR) is 95.0 cm³/mol. The minimum atomic E-state index is -0.264. The normalized spacial score (nSPS) is 11.9. The van der Waals surface area contributed by atoms with Crippen LogP contribution in [0.15, 0.2) is 72.1 Å². The molecule has 122 valence electrons. The fourth-order valence-corrected chi connectivity index (χ4v) is 3.08. The molecule has 0 spiro atoms. The second-order valence-corrected chi connectivity index (χ2v) is 6.59. The molecule has 3 rings (SSSR count). The van der Waals surface area contributed by atoms with Gasteiger partial charge in [-0.2, -0.15) is 0 Å². The highest BCUT2D eigenvalue weighted by atomic mass is 32.2. The lowest BCUT2D eigenvalue weighted by Crippen LogP contribution is -2.30. The van der Waals surface area contributed by atoms with Crippen molar-refractivity contribution in [1.82, 2.24) is 20.1 Å². The summed E-state index contributed by atoms with van der Waals surface area (Å²) in [5.41, 5.74) is 2.05. The van der Waals surface area contributed by atoms with Gasteiger partial charge >= 0.3 is 0 Å². The second kappa shape index (κ2) is 7.79. The van der Waals surface area contributed by atoms with E-state index in [4.69, 9.17) is 0 Å². The van der Waals surface area contributed by atoms with Gasteiger partial charge in [0.05, 0.1) is 5.25 Å². The van der Waals surface area contributed by atoms with Crippen LogP contribution in [0.5, 0.6) is 0 Å². The standard InChI is InChI=1S/C18H18N4OS/c1-14(17(23)19-12-15-8-4-2-5-9-15)24-18-21-20-13-22(18)16-10-6-3-7-11-16/h2-11,13-14H,12H2,1H3,(H,19,23)/t14-/m0/s1. The van der Waals surface area contributed by atoms with Gasteiger partial charge in [-0.3, -0.25) is 9.36 Å². The van der Waals surface area contributed by atoms with Gasteiger partial charge in [0.1, 0.15) is 6.33 Å². The summed E-state index contributed by atoms with van der Waals surface area (Å²) in [6.45, 7) is 2.39. The molecule has 0 saturated carbocycles. The number of carbonyl (C=O) groups excluding carboxylic acids is 1. The summed E-state index contributed by atoms with van der Waals surface area (Å²) in [5.74, 6) is -0.0218. The summed E-state index contributed by atoms with van der Waals surface area (Å²) in [5, 5.41) is 11.5. The molecule has 1 amide bonds. The van der Waals surface area contributed by atoms with Crippen molar-refractivity contribution in [1.29, 1.82) is 0 Å². The number of amides is 1. The monoisotopic (exact) mass is 338 g/mol. The molecular weight excluding hydrogens is 320 g/mol. The van der Waals surface area contributed by atoms with E-state index in [1.165, 1.54) is 11.8 Å². The van der Waals surface area contributed by atoms with Crippen LogP contribution in [0, 0.1) is 0 Å². The molecule has 0 aliphatic heterocycles. The van der Waals surface area contributed by atoms with Crippen LogP contribution >= 0.6 is 11.8 Å². The zero-order valence-electron chi connectivity index (χ0n) is 13.3. The van der Waals surface area contributed by atoms with Crippen molar-refractivity contribution in [2.75, 3.05) is 0 Å². The van der Waals surface area contributed by atoms with Crippen LogP contribution in [0.2, 0.25) is 0 Å². The molecule has 24 heavy (non-hydrogen) atoms. The van der Waals surface area contributed by atoms with E-state index < -0.39 is 0 Å². The fraction of sp³-hybridized carbons (Fsp3) is 0.167. The van der Waals surface area contributed by atoms with Crippen molar-refractivity contribution >= 4 is 17.7 Å². The first-order valence-corrected chi connectivity index (χ1v) is 8.56. The van der Waals surface area contributed by atoms with Gasteiger partial charge in [-0.25, -0.2) is 0 Å². The molecule has 0 fully saturated rings. The van der Waals surface area contributed by atoms with Crippen LogP contribution < -0.4 is 5.32 Å². The number of hydrogen-bond acceptors (Lipinski definition) is 4. The van der Waals surface area contributed by atoms with E-state index in [0.717, 1.165) is 11.3 Å². The molecule has 6 heteroatoms. The zero-order valence-corrected chi connectivity index (χ0v) is 14.1. The molecular formula is C18H18N4OS. The van der Waals surface area contributed by atoms with Gasteiger partial charge in [-0.15, -0.1) is 10.2 Å². The highest BCUT2D eigenvalue weighted by molar-refractivity contribution is 8.00. The smallest absolute Gasteiger partial charge is 0.233 e. The third-order valence-corrected chi connectivity index (χ3v) is 4.57. The van der Waals surface area contributed by atoms with Crippen LogP contribution in [0.25, 0.3) is 5.69 Å². The Morgan fingerprint density at radius 2 is 1.79 bits per heavy atom. The highest BCUT2D eigenvalue weighted by Crippen LogP contribution is 2.23. The van der Waals surface area contributed by atoms with Crippen LogP contribution in [-0.4, -0.2) is 25.9 Å². The Labute approximate surface area is 145 Å². The molecule has 2 aromatic carbocycles. The number of benzene rings is 2. The number of nitrogens with one attached hydrogen (secondary N) is 1. The molecule has 0 aliphatic rings. The average molecular weight is 338 g/mol. The highest BCUT2D eigenvalue weighted by Gasteiger charge is 2.18. The summed E-state index contributed by atoms with van der Waals surface area (Å²) >= 11 is 1.39. The Balaban J connectivity index is 1.62. The maximum Gasteiger partial charge on any atom is 0.233 e. The first-order chi connectivity index (χ1) is 11.7. The Bertz CT molecular complexity index is 789. The van der Waals surface area contributed by atoms with Crippen molar-refractivity contribution in [2.24, 2.45) is 0 Å². The molecule has 0 saturated heterocycles. The minimum Gasteiger partial charge on any atom is -0.351 e. The van der Waals surface area contributed by atoms with Crippen LogP contribution in [0.3, 0.4) is 0 Å². The van der Waals surface area contributed by atoms with E-state index in [2.05, 4.69) is 15.5 Å². The van der Waals surface area contributed by atoms with E-state index in [9.17, 15) is 4.79 Å². The summed E-state index contributed by atoms with van der Waals surface area (Å²) < 4.78 is 1.88. The predicted octanol–water partition coefficient (Wildman–Crippen LogP) is 3.06. The van der Waals surface area contributed by atoms with Crippen molar-refractivity contribution in [3.05, 3.63) is 72.6 Å². The lowest BCUT2D eigenvalue weighted by molar-refractivity contribution is -0.120. The quantitative estimate of drug-likeness (QED) is 0.702. The van der Waals surface area contributed by atoms with Gasteiger partial charge in [0.15, 0.2) is 5.16 Å². The van der Waals surface area contributed by atoms with Gasteiger partial charge in [-0.1, -0.05) is 60.3 Å². The summed E-state index contributed by atoms with van der Waals surface area (Å²) in [7, 11) is 0.